The summed E-state index contributed by atoms with van der Waals surface area (Å²) in [5.41, 5.74) is 2.05. The van der Waals surface area contributed by atoms with E-state index in [4.69, 9.17) is 11.6 Å². The van der Waals surface area contributed by atoms with E-state index in [9.17, 15) is 18.0 Å². The van der Waals surface area contributed by atoms with Crippen molar-refractivity contribution in [3.05, 3.63) is 64.7 Å². The van der Waals surface area contributed by atoms with Crippen LogP contribution in [0.5, 0.6) is 0 Å². The van der Waals surface area contributed by atoms with Gasteiger partial charge in [-0.15, -0.1) is 0 Å². The molecule has 2 rings (SSSR count). The van der Waals surface area contributed by atoms with Crippen molar-refractivity contribution >= 4 is 39.1 Å². The number of likely N-dealkylation sites (N-methyl/N-ethyl adjacent to an activating group) is 1. The fourth-order valence-electron chi connectivity index (χ4n) is 3.49. The number of anilines is 1. The molecule has 7 nitrogen and oxygen atoms in total. The van der Waals surface area contributed by atoms with Crippen molar-refractivity contribution in [1.82, 2.24) is 10.2 Å². The number of benzene rings is 2. The maximum absolute atomic E-state index is 13.5. The maximum atomic E-state index is 13.5. The summed E-state index contributed by atoms with van der Waals surface area (Å²) in [5.74, 6) is -0.735. The molecule has 1 atom stereocenters. The molecule has 2 aromatic carbocycles. The second kappa shape index (κ2) is 11.5. The molecule has 33 heavy (non-hydrogen) atoms. The first-order valence-corrected chi connectivity index (χ1v) is 13.1. The number of nitrogens with zero attached hydrogens (tertiary/aromatic N) is 2. The van der Waals surface area contributed by atoms with Gasteiger partial charge < -0.3 is 10.2 Å². The van der Waals surface area contributed by atoms with Gasteiger partial charge in [-0.2, -0.15) is 0 Å². The van der Waals surface area contributed by atoms with E-state index in [0.29, 0.717) is 17.3 Å². The van der Waals surface area contributed by atoms with Crippen molar-refractivity contribution in [3.63, 3.8) is 0 Å². The quantitative estimate of drug-likeness (QED) is 0.545. The molecular formula is C24H32ClN3O4S. The van der Waals surface area contributed by atoms with Gasteiger partial charge in [0.05, 0.1) is 11.9 Å². The third kappa shape index (κ3) is 7.20. The minimum atomic E-state index is -3.77. The van der Waals surface area contributed by atoms with Gasteiger partial charge in [0.1, 0.15) is 12.6 Å². The van der Waals surface area contributed by atoms with E-state index < -0.39 is 28.5 Å². The molecule has 0 aliphatic heterocycles. The Labute approximate surface area is 201 Å². The molecule has 9 heteroatoms. The second-order valence-corrected chi connectivity index (χ2v) is 10.5. The van der Waals surface area contributed by atoms with Crippen molar-refractivity contribution in [2.75, 3.05) is 23.7 Å². The number of amides is 2. The Hall–Kier alpha value is -2.58. The number of hydrogen-bond acceptors (Lipinski definition) is 4. The van der Waals surface area contributed by atoms with E-state index >= 15 is 0 Å². The third-order valence-electron chi connectivity index (χ3n) is 5.29. The third-order valence-corrected chi connectivity index (χ3v) is 6.67. The first-order chi connectivity index (χ1) is 15.5. The number of carbonyl (C=O) groups excluding carboxylic acids is 2. The van der Waals surface area contributed by atoms with Crippen LogP contribution in [0, 0.1) is 0 Å². The van der Waals surface area contributed by atoms with Crippen molar-refractivity contribution in [1.29, 1.82) is 0 Å². The molecule has 0 saturated carbocycles. The van der Waals surface area contributed by atoms with Gasteiger partial charge in [0.15, 0.2) is 0 Å². The summed E-state index contributed by atoms with van der Waals surface area (Å²) in [7, 11) is -3.77. The molecule has 180 valence electrons. The Morgan fingerprint density at radius 1 is 1.03 bits per heavy atom. The number of sulfonamides is 1. The van der Waals surface area contributed by atoms with Crippen LogP contribution in [0.3, 0.4) is 0 Å². The Bertz CT molecular complexity index is 1070. The second-order valence-electron chi connectivity index (χ2n) is 8.20. The van der Waals surface area contributed by atoms with Gasteiger partial charge in [-0.05, 0) is 49.1 Å². The van der Waals surface area contributed by atoms with Crippen LogP contribution in [0.2, 0.25) is 5.02 Å². The minimum Gasteiger partial charge on any atom is -0.355 e. The van der Waals surface area contributed by atoms with Gasteiger partial charge in [0.25, 0.3) is 0 Å². The first kappa shape index (κ1) is 26.7. The van der Waals surface area contributed by atoms with E-state index in [-0.39, 0.29) is 18.4 Å². The molecule has 0 radical (unpaired) electrons. The Kier molecular flexibility index (Phi) is 9.31. The van der Waals surface area contributed by atoms with Gasteiger partial charge >= 0.3 is 0 Å². The summed E-state index contributed by atoms with van der Waals surface area (Å²) in [6.07, 6.45) is 1.08. The molecule has 1 unspecified atom stereocenters. The van der Waals surface area contributed by atoms with Crippen LogP contribution < -0.4 is 9.62 Å². The number of para-hydroxylation sites is 1. The number of rotatable bonds is 10. The molecule has 0 aromatic heterocycles. The average molecular weight is 494 g/mol. The summed E-state index contributed by atoms with van der Waals surface area (Å²) in [5, 5.41) is 3.29. The summed E-state index contributed by atoms with van der Waals surface area (Å²) in [6, 6.07) is 13.3. The molecule has 0 aliphatic carbocycles. The normalized spacial score (nSPS) is 12.3. The fourth-order valence-corrected chi connectivity index (χ4v) is 4.48. The molecule has 0 saturated heterocycles. The Morgan fingerprint density at radius 3 is 2.18 bits per heavy atom. The highest BCUT2D eigenvalue weighted by molar-refractivity contribution is 7.92. The molecule has 0 aliphatic rings. The highest BCUT2D eigenvalue weighted by Crippen LogP contribution is 2.29. The lowest BCUT2D eigenvalue weighted by Crippen LogP contribution is -2.51. The van der Waals surface area contributed by atoms with Crippen LogP contribution in [0.1, 0.15) is 44.7 Å². The van der Waals surface area contributed by atoms with E-state index in [1.165, 1.54) is 4.90 Å². The van der Waals surface area contributed by atoms with Gasteiger partial charge in [-0.25, -0.2) is 8.42 Å². The highest BCUT2D eigenvalue weighted by atomic mass is 35.5. The van der Waals surface area contributed by atoms with Crippen LogP contribution >= 0.6 is 11.6 Å². The maximum Gasteiger partial charge on any atom is 0.244 e. The fraction of sp³-hybridized carbons (Fsp3) is 0.417. The number of hydrogen-bond donors (Lipinski definition) is 1. The van der Waals surface area contributed by atoms with Crippen LogP contribution in [0.15, 0.2) is 48.5 Å². The Morgan fingerprint density at radius 2 is 1.64 bits per heavy atom. The first-order valence-electron chi connectivity index (χ1n) is 10.8. The predicted molar refractivity (Wildman–Crippen MR) is 133 cm³/mol. The topological polar surface area (TPSA) is 86.8 Å². The predicted octanol–water partition coefficient (Wildman–Crippen LogP) is 3.78. The standard InChI is InChI=1S/C24H32ClN3O4S/c1-6-26-24(30)18(4)27(15-19-11-13-20(25)14-12-19)23(29)16-28(33(5,31)32)22-10-8-7-9-21(22)17(2)3/h7-14,17-18H,6,15-16H2,1-5H3,(H,26,30). The van der Waals surface area contributed by atoms with E-state index in [2.05, 4.69) is 5.32 Å². The van der Waals surface area contributed by atoms with Crippen LogP contribution in [-0.4, -0.2) is 50.5 Å². The molecule has 0 spiro atoms. The molecule has 1 N–H and O–H groups in total. The number of carbonyl (C=O) groups is 2. The zero-order chi connectivity index (χ0) is 24.8. The largest absolute Gasteiger partial charge is 0.355 e. The lowest BCUT2D eigenvalue weighted by atomic mass is 10.0. The molecule has 0 heterocycles. The van der Waals surface area contributed by atoms with Crippen LogP contribution in [0.4, 0.5) is 5.69 Å². The molecular weight excluding hydrogens is 462 g/mol. The summed E-state index contributed by atoms with van der Waals surface area (Å²) < 4.78 is 26.6. The molecule has 0 bridgehead atoms. The van der Waals surface area contributed by atoms with Crippen molar-refractivity contribution in [3.8, 4) is 0 Å². The number of halogens is 1. The van der Waals surface area contributed by atoms with Crippen molar-refractivity contribution < 1.29 is 18.0 Å². The lowest BCUT2D eigenvalue weighted by molar-refractivity contribution is -0.139. The average Bonchev–Trinajstić information content (AvgIpc) is 2.75. The van der Waals surface area contributed by atoms with E-state index in [0.717, 1.165) is 21.7 Å². The monoisotopic (exact) mass is 493 g/mol. The van der Waals surface area contributed by atoms with E-state index in [1.807, 2.05) is 26.0 Å². The number of nitrogens with one attached hydrogen (secondary N) is 1. The lowest BCUT2D eigenvalue weighted by Gasteiger charge is -2.32. The van der Waals surface area contributed by atoms with Crippen LogP contribution in [-0.2, 0) is 26.2 Å². The van der Waals surface area contributed by atoms with Gasteiger partial charge in [-0.1, -0.05) is 55.8 Å². The summed E-state index contributed by atoms with van der Waals surface area (Å²) in [4.78, 5) is 27.5. The SMILES string of the molecule is CCNC(=O)C(C)N(Cc1ccc(Cl)cc1)C(=O)CN(c1ccccc1C(C)C)S(C)(=O)=O. The van der Waals surface area contributed by atoms with E-state index in [1.54, 1.807) is 50.2 Å². The van der Waals surface area contributed by atoms with Crippen LogP contribution in [0.25, 0.3) is 0 Å². The Balaban J connectivity index is 2.44. The van der Waals surface area contributed by atoms with Crippen molar-refractivity contribution in [2.24, 2.45) is 0 Å². The summed E-state index contributed by atoms with van der Waals surface area (Å²) >= 11 is 5.97. The molecule has 2 amide bonds. The van der Waals surface area contributed by atoms with Gasteiger partial charge in [0.2, 0.25) is 21.8 Å². The molecule has 0 fully saturated rings. The van der Waals surface area contributed by atoms with Crippen molar-refractivity contribution in [2.45, 2.75) is 46.2 Å². The highest BCUT2D eigenvalue weighted by Gasteiger charge is 2.30. The van der Waals surface area contributed by atoms with Gasteiger partial charge in [0, 0.05) is 18.1 Å². The minimum absolute atomic E-state index is 0.0555. The zero-order valence-corrected chi connectivity index (χ0v) is 21.3. The smallest absolute Gasteiger partial charge is 0.244 e. The summed E-state index contributed by atoms with van der Waals surface area (Å²) in [6.45, 7) is 7.49. The van der Waals surface area contributed by atoms with Gasteiger partial charge in [-0.3, -0.25) is 13.9 Å². The molecule has 2 aromatic rings. The zero-order valence-electron chi connectivity index (χ0n) is 19.7.